The molecule has 2 aromatic heterocycles. The smallest absolute Gasteiger partial charge is 0.247 e. The van der Waals surface area contributed by atoms with Crippen LogP contribution in [-0.4, -0.2) is 26.9 Å². The van der Waals surface area contributed by atoms with Crippen molar-refractivity contribution in [2.45, 2.75) is 13.0 Å². The Labute approximate surface area is 169 Å². The minimum Gasteiger partial charge on any atom is -0.374 e. The molecule has 146 valence electrons. The molecule has 4 aromatic rings. The van der Waals surface area contributed by atoms with E-state index < -0.39 is 0 Å². The number of hydrogen-bond acceptors (Lipinski definition) is 6. The van der Waals surface area contributed by atoms with Crippen molar-refractivity contribution < 1.29 is 9.18 Å². The fraction of sp³-hybridized carbons (Fsp3) is 0.100. The Morgan fingerprint density at radius 2 is 2.00 bits per heavy atom. The molecule has 1 amide bonds. The van der Waals surface area contributed by atoms with E-state index in [4.69, 9.17) is 5.73 Å². The van der Waals surface area contributed by atoms with Gasteiger partial charge in [0.1, 0.15) is 10.8 Å². The number of nitrogen functional groups attached to an aromatic ring is 1. The van der Waals surface area contributed by atoms with E-state index in [1.54, 1.807) is 18.3 Å². The van der Waals surface area contributed by atoms with Crippen molar-refractivity contribution >= 4 is 39.5 Å². The number of carbonyl (C=O) groups excluding carboxylic acids is 1. The van der Waals surface area contributed by atoms with Crippen molar-refractivity contribution in [3.63, 3.8) is 0 Å². The number of aromatic nitrogens is 3. The molecule has 2 aromatic carbocycles. The van der Waals surface area contributed by atoms with Crippen molar-refractivity contribution in [2.75, 3.05) is 5.73 Å². The third kappa shape index (κ3) is 4.46. The van der Waals surface area contributed by atoms with E-state index in [0.29, 0.717) is 16.7 Å². The first kappa shape index (κ1) is 18.8. The van der Waals surface area contributed by atoms with Crippen LogP contribution in [0, 0.1) is 5.82 Å². The first-order valence-electron chi connectivity index (χ1n) is 8.80. The van der Waals surface area contributed by atoms with Gasteiger partial charge in [-0.15, -0.1) is 10.2 Å². The molecule has 7 nitrogen and oxygen atoms in total. The maximum atomic E-state index is 13.2. The van der Waals surface area contributed by atoms with Gasteiger partial charge in [-0.1, -0.05) is 41.7 Å². The van der Waals surface area contributed by atoms with Crippen molar-refractivity contribution in [2.24, 2.45) is 5.10 Å². The summed E-state index contributed by atoms with van der Waals surface area (Å²) < 4.78 is 15.2. The summed E-state index contributed by atoms with van der Waals surface area (Å²) in [6, 6.07) is 14.3. The van der Waals surface area contributed by atoms with E-state index in [-0.39, 0.29) is 18.1 Å². The number of carbonyl (C=O) groups is 1. The molecule has 0 bridgehead atoms. The number of nitrogens with zero attached hydrogens (tertiary/aromatic N) is 4. The molecule has 0 atom stereocenters. The molecule has 0 spiro atoms. The van der Waals surface area contributed by atoms with Gasteiger partial charge >= 0.3 is 0 Å². The van der Waals surface area contributed by atoms with Crippen LogP contribution >= 0.6 is 11.3 Å². The molecule has 4 rings (SSSR count). The van der Waals surface area contributed by atoms with E-state index in [1.807, 2.05) is 30.5 Å². The molecule has 29 heavy (non-hydrogen) atoms. The van der Waals surface area contributed by atoms with Crippen molar-refractivity contribution in [1.29, 1.82) is 0 Å². The minimum atomic E-state index is -0.299. The van der Waals surface area contributed by atoms with Crippen LogP contribution in [0.25, 0.3) is 10.9 Å². The second kappa shape index (κ2) is 8.19. The fourth-order valence-electron chi connectivity index (χ4n) is 2.98. The van der Waals surface area contributed by atoms with E-state index >= 15 is 0 Å². The quantitative estimate of drug-likeness (QED) is 0.379. The molecule has 0 saturated carbocycles. The monoisotopic (exact) mass is 408 g/mol. The average Bonchev–Trinajstić information content (AvgIpc) is 3.27. The van der Waals surface area contributed by atoms with Crippen LogP contribution in [0.2, 0.25) is 0 Å². The predicted molar refractivity (Wildman–Crippen MR) is 111 cm³/mol. The maximum Gasteiger partial charge on any atom is 0.247 e. The summed E-state index contributed by atoms with van der Waals surface area (Å²) in [5, 5.41) is 13.4. The van der Waals surface area contributed by atoms with Crippen LogP contribution in [0.3, 0.4) is 0 Å². The normalized spacial score (nSPS) is 11.3. The zero-order valence-electron chi connectivity index (χ0n) is 15.2. The summed E-state index contributed by atoms with van der Waals surface area (Å²) in [7, 11) is 0. The van der Waals surface area contributed by atoms with Crippen LogP contribution in [0.4, 0.5) is 9.52 Å². The van der Waals surface area contributed by atoms with Gasteiger partial charge in [0, 0.05) is 29.2 Å². The highest BCUT2D eigenvalue weighted by Gasteiger charge is 2.09. The highest BCUT2D eigenvalue weighted by atomic mass is 32.1. The first-order chi connectivity index (χ1) is 14.1. The number of para-hydroxylation sites is 1. The average molecular weight is 408 g/mol. The lowest BCUT2D eigenvalue weighted by Gasteiger charge is -2.05. The third-order valence-corrected chi connectivity index (χ3v) is 5.03. The Hall–Kier alpha value is -3.59. The predicted octanol–water partition coefficient (Wildman–Crippen LogP) is 2.96. The highest BCUT2D eigenvalue weighted by Crippen LogP contribution is 2.21. The maximum absolute atomic E-state index is 13.2. The number of hydrazone groups is 1. The lowest BCUT2D eigenvalue weighted by atomic mass is 10.2. The fourth-order valence-corrected chi connectivity index (χ4v) is 3.59. The zero-order valence-corrected chi connectivity index (χ0v) is 16.1. The first-order valence-corrected chi connectivity index (χ1v) is 9.62. The van der Waals surface area contributed by atoms with Gasteiger partial charge in [0.2, 0.25) is 11.0 Å². The third-order valence-electron chi connectivity index (χ3n) is 4.27. The van der Waals surface area contributed by atoms with Gasteiger partial charge in [0.05, 0.1) is 12.6 Å². The Balaban J connectivity index is 1.50. The number of nitrogens with one attached hydrogen (secondary N) is 1. The lowest BCUT2D eigenvalue weighted by Crippen LogP contribution is -2.19. The molecule has 9 heteroatoms. The summed E-state index contributed by atoms with van der Waals surface area (Å²) >= 11 is 1.17. The molecular formula is C20H17FN6OS. The van der Waals surface area contributed by atoms with E-state index in [0.717, 1.165) is 22.0 Å². The molecule has 0 fully saturated rings. The van der Waals surface area contributed by atoms with Crippen LogP contribution in [0.15, 0.2) is 59.8 Å². The number of nitrogens with two attached hydrogens (primary N) is 1. The molecule has 0 aliphatic carbocycles. The van der Waals surface area contributed by atoms with Crippen LogP contribution in [0.5, 0.6) is 0 Å². The molecule has 0 saturated heterocycles. The molecule has 0 aliphatic rings. The highest BCUT2D eigenvalue weighted by molar-refractivity contribution is 7.15. The van der Waals surface area contributed by atoms with E-state index in [9.17, 15) is 9.18 Å². The number of rotatable bonds is 6. The Kier molecular flexibility index (Phi) is 5.30. The van der Waals surface area contributed by atoms with Gasteiger partial charge in [-0.05, 0) is 23.8 Å². The van der Waals surface area contributed by atoms with Gasteiger partial charge in [-0.2, -0.15) is 5.10 Å². The van der Waals surface area contributed by atoms with E-state index in [2.05, 4.69) is 25.3 Å². The van der Waals surface area contributed by atoms with Crippen molar-refractivity contribution in [3.8, 4) is 0 Å². The zero-order chi connectivity index (χ0) is 20.2. The Bertz CT molecular complexity index is 1180. The summed E-state index contributed by atoms with van der Waals surface area (Å²) in [6.07, 6.45) is 3.63. The number of amides is 1. The van der Waals surface area contributed by atoms with Crippen LogP contribution in [-0.2, 0) is 17.8 Å². The molecular weight excluding hydrogens is 391 g/mol. The number of hydrogen-bond donors (Lipinski definition) is 2. The second-order valence-corrected chi connectivity index (χ2v) is 7.45. The number of anilines is 1. The molecule has 0 unspecified atom stereocenters. The SMILES string of the molecule is Nc1nnc(CC(=O)N/N=C\c2cn(Cc3ccc(F)cc3)c3ccccc23)s1. The summed E-state index contributed by atoms with van der Waals surface area (Å²) in [4.78, 5) is 12.0. The molecule has 0 radical (unpaired) electrons. The molecule has 3 N–H and O–H groups in total. The van der Waals surface area contributed by atoms with Gasteiger partial charge in [-0.25, -0.2) is 9.82 Å². The minimum absolute atomic E-state index is 0.0680. The summed E-state index contributed by atoms with van der Waals surface area (Å²) in [5.74, 6) is -0.557. The van der Waals surface area contributed by atoms with Gasteiger partial charge in [0.15, 0.2) is 0 Å². The standard InChI is InChI=1S/C20H17FN6OS/c21-15-7-5-13(6-8-15)11-27-12-14(16-3-1-2-4-17(16)27)10-23-24-18(28)9-19-25-26-20(22)29-19/h1-8,10,12H,9,11H2,(H2,22,26)(H,24,28)/b23-10-. The van der Waals surface area contributed by atoms with Crippen LogP contribution < -0.4 is 11.2 Å². The van der Waals surface area contributed by atoms with Gasteiger partial charge in [0.25, 0.3) is 0 Å². The lowest BCUT2D eigenvalue weighted by molar-refractivity contribution is -0.120. The number of fused-ring (bicyclic) bond motifs is 1. The van der Waals surface area contributed by atoms with Crippen molar-refractivity contribution in [1.82, 2.24) is 20.2 Å². The summed E-state index contributed by atoms with van der Waals surface area (Å²) in [6.45, 7) is 0.597. The summed E-state index contributed by atoms with van der Waals surface area (Å²) in [5.41, 5.74) is 10.9. The largest absolute Gasteiger partial charge is 0.374 e. The topological polar surface area (TPSA) is 98.2 Å². The number of benzene rings is 2. The van der Waals surface area contributed by atoms with Crippen LogP contribution in [0.1, 0.15) is 16.1 Å². The molecule has 0 aliphatic heterocycles. The van der Waals surface area contributed by atoms with Gasteiger partial charge in [-0.3, -0.25) is 4.79 Å². The van der Waals surface area contributed by atoms with Crippen molar-refractivity contribution in [3.05, 3.63) is 76.7 Å². The Morgan fingerprint density at radius 3 is 2.76 bits per heavy atom. The van der Waals surface area contributed by atoms with E-state index in [1.165, 1.54) is 23.5 Å². The second-order valence-electron chi connectivity index (χ2n) is 6.36. The number of halogens is 1. The molecule has 2 heterocycles. The van der Waals surface area contributed by atoms with Gasteiger partial charge < -0.3 is 10.3 Å². The Morgan fingerprint density at radius 1 is 1.21 bits per heavy atom.